The number of nitrogens with zero attached hydrogens (tertiary/aromatic N) is 1. The number of nitro benzene ring substituents is 1. The van der Waals surface area contributed by atoms with E-state index < -0.39 is 4.92 Å². The van der Waals surface area contributed by atoms with E-state index in [2.05, 4.69) is 4.98 Å². The number of pyridine rings is 1. The SMILES string of the molecule is O=c1cc(O)c2sc(-c3ccc([N+](=O)[O-])cc3)cc2[nH]1. The molecule has 0 fully saturated rings. The largest absolute Gasteiger partial charge is 0.506 e. The van der Waals surface area contributed by atoms with E-state index in [1.54, 1.807) is 18.2 Å². The zero-order chi connectivity index (χ0) is 14.3. The Morgan fingerprint density at radius 3 is 2.55 bits per heavy atom. The Balaban J connectivity index is 2.12. The third-order valence-electron chi connectivity index (χ3n) is 2.85. The van der Waals surface area contributed by atoms with E-state index in [0.717, 1.165) is 16.5 Å². The van der Waals surface area contributed by atoms with Crippen molar-refractivity contribution >= 4 is 27.2 Å². The van der Waals surface area contributed by atoms with Crippen LogP contribution in [0.1, 0.15) is 0 Å². The van der Waals surface area contributed by atoms with Gasteiger partial charge in [0, 0.05) is 23.1 Å². The van der Waals surface area contributed by atoms with E-state index in [1.165, 1.54) is 23.5 Å². The fourth-order valence-electron chi connectivity index (χ4n) is 1.92. The minimum absolute atomic E-state index is 0.0196. The van der Waals surface area contributed by atoms with Crippen molar-refractivity contribution < 1.29 is 10.0 Å². The monoisotopic (exact) mass is 288 g/mol. The molecule has 20 heavy (non-hydrogen) atoms. The number of thiophene rings is 1. The van der Waals surface area contributed by atoms with Crippen LogP contribution in [0.15, 0.2) is 41.2 Å². The van der Waals surface area contributed by atoms with Crippen LogP contribution >= 0.6 is 11.3 Å². The average Bonchev–Trinajstić information content (AvgIpc) is 2.83. The molecule has 0 aliphatic carbocycles. The first-order valence-corrected chi connectivity index (χ1v) is 6.47. The molecule has 2 aromatic heterocycles. The van der Waals surface area contributed by atoms with Crippen molar-refractivity contribution in [3.63, 3.8) is 0 Å². The van der Waals surface area contributed by atoms with Crippen LogP contribution < -0.4 is 5.56 Å². The molecule has 1 aromatic carbocycles. The van der Waals surface area contributed by atoms with Crippen molar-refractivity contribution in [2.45, 2.75) is 0 Å². The summed E-state index contributed by atoms with van der Waals surface area (Å²) in [6.45, 7) is 0. The Morgan fingerprint density at radius 1 is 1.20 bits per heavy atom. The van der Waals surface area contributed by atoms with Gasteiger partial charge >= 0.3 is 0 Å². The number of nitrogens with one attached hydrogen (secondary N) is 1. The van der Waals surface area contributed by atoms with Gasteiger partial charge in [-0.15, -0.1) is 11.3 Å². The molecule has 0 aliphatic rings. The maximum absolute atomic E-state index is 11.3. The van der Waals surface area contributed by atoms with Gasteiger partial charge in [-0.25, -0.2) is 0 Å². The van der Waals surface area contributed by atoms with Crippen molar-refractivity contribution in [3.8, 4) is 16.2 Å². The Morgan fingerprint density at radius 2 is 1.90 bits per heavy atom. The van der Waals surface area contributed by atoms with Gasteiger partial charge in [-0.3, -0.25) is 14.9 Å². The summed E-state index contributed by atoms with van der Waals surface area (Å²) in [6, 6.07) is 8.97. The van der Waals surface area contributed by atoms with Crippen LogP contribution in [-0.2, 0) is 0 Å². The van der Waals surface area contributed by atoms with E-state index >= 15 is 0 Å². The molecule has 0 radical (unpaired) electrons. The van der Waals surface area contributed by atoms with Gasteiger partial charge in [0.15, 0.2) is 0 Å². The summed E-state index contributed by atoms with van der Waals surface area (Å²) in [5.74, 6) is -0.0677. The second-order valence-electron chi connectivity index (χ2n) is 4.18. The minimum atomic E-state index is -0.460. The summed E-state index contributed by atoms with van der Waals surface area (Å²) in [7, 11) is 0. The number of non-ortho nitro benzene ring substituents is 1. The zero-order valence-corrected chi connectivity index (χ0v) is 10.8. The third-order valence-corrected chi connectivity index (χ3v) is 4.06. The van der Waals surface area contributed by atoms with Crippen LogP contribution in [0.5, 0.6) is 5.75 Å². The predicted molar refractivity (Wildman–Crippen MR) is 76.2 cm³/mol. The number of aromatic hydroxyl groups is 1. The number of hydrogen-bond donors (Lipinski definition) is 2. The van der Waals surface area contributed by atoms with Crippen molar-refractivity contribution in [1.29, 1.82) is 0 Å². The number of fused-ring (bicyclic) bond motifs is 1. The molecular formula is C13H8N2O4S. The lowest BCUT2D eigenvalue weighted by atomic mass is 10.2. The molecule has 2 N–H and O–H groups in total. The van der Waals surface area contributed by atoms with Crippen molar-refractivity contribution in [1.82, 2.24) is 4.98 Å². The molecule has 0 spiro atoms. The summed E-state index contributed by atoms with van der Waals surface area (Å²) in [5.41, 5.74) is 0.986. The number of aromatic amines is 1. The van der Waals surface area contributed by atoms with Crippen molar-refractivity contribution in [3.05, 3.63) is 56.9 Å². The van der Waals surface area contributed by atoms with Crippen molar-refractivity contribution in [2.75, 3.05) is 0 Å². The predicted octanol–water partition coefficient (Wildman–Crippen LogP) is 2.87. The second kappa shape index (κ2) is 4.46. The molecule has 0 unspecified atom stereocenters. The molecule has 0 saturated heterocycles. The molecule has 0 amide bonds. The molecule has 0 saturated carbocycles. The highest BCUT2D eigenvalue weighted by molar-refractivity contribution is 7.22. The lowest BCUT2D eigenvalue weighted by molar-refractivity contribution is -0.384. The van der Waals surface area contributed by atoms with Crippen LogP contribution in [0.4, 0.5) is 5.69 Å². The van der Waals surface area contributed by atoms with Crippen molar-refractivity contribution in [2.24, 2.45) is 0 Å². The van der Waals surface area contributed by atoms with E-state index in [1.807, 2.05) is 0 Å². The average molecular weight is 288 g/mol. The number of rotatable bonds is 2. The molecule has 0 aliphatic heterocycles. The lowest BCUT2D eigenvalue weighted by Crippen LogP contribution is -2.01. The Kier molecular flexibility index (Phi) is 2.76. The highest BCUT2D eigenvalue weighted by Gasteiger charge is 2.10. The fraction of sp³-hybridized carbons (Fsp3) is 0. The van der Waals surface area contributed by atoms with E-state index in [0.29, 0.717) is 10.2 Å². The Labute approximate surface area is 116 Å². The first kappa shape index (κ1) is 12.4. The summed E-state index contributed by atoms with van der Waals surface area (Å²) in [5, 5.41) is 20.3. The molecule has 3 rings (SSSR count). The number of hydrogen-bond acceptors (Lipinski definition) is 5. The summed E-state index contributed by atoms with van der Waals surface area (Å²) < 4.78 is 0.581. The number of nitro groups is 1. The standard InChI is InChI=1S/C13H8N2O4S/c16-10-6-12(17)14-9-5-11(20-13(9)10)7-1-3-8(4-2-7)15(18)19/h1-6H,(H2,14,16,17). The number of H-pyrrole nitrogens is 1. The maximum atomic E-state index is 11.3. The van der Waals surface area contributed by atoms with E-state index in [4.69, 9.17) is 0 Å². The Bertz CT molecular complexity index is 864. The summed E-state index contributed by atoms with van der Waals surface area (Å²) in [4.78, 5) is 24.9. The Hall–Kier alpha value is -2.67. The normalized spacial score (nSPS) is 10.8. The maximum Gasteiger partial charge on any atom is 0.269 e. The van der Waals surface area contributed by atoms with Gasteiger partial charge in [0.1, 0.15) is 5.75 Å². The number of benzene rings is 1. The van der Waals surface area contributed by atoms with Crippen LogP contribution in [0.2, 0.25) is 0 Å². The molecule has 6 nitrogen and oxygen atoms in total. The van der Waals surface area contributed by atoms with Crippen LogP contribution in [0.3, 0.4) is 0 Å². The quantitative estimate of drug-likeness (QED) is 0.559. The smallest absolute Gasteiger partial charge is 0.269 e. The topological polar surface area (TPSA) is 96.2 Å². The zero-order valence-electron chi connectivity index (χ0n) is 9.99. The van der Waals surface area contributed by atoms with Crippen LogP contribution in [0, 0.1) is 10.1 Å². The van der Waals surface area contributed by atoms with Gasteiger partial charge in [-0.05, 0) is 23.8 Å². The molecule has 100 valence electrons. The molecule has 0 atom stereocenters. The van der Waals surface area contributed by atoms with Gasteiger partial charge in [-0.2, -0.15) is 0 Å². The van der Waals surface area contributed by atoms with Crippen LogP contribution in [0.25, 0.3) is 20.7 Å². The highest BCUT2D eigenvalue weighted by atomic mass is 32.1. The molecule has 2 heterocycles. The first-order valence-electron chi connectivity index (χ1n) is 5.65. The fourth-order valence-corrected chi connectivity index (χ4v) is 2.96. The van der Waals surface area contributed by atoms with Crippen LogP contribution in [-0.4, -0.2) is 15.0 Å². The first-order chi connectivity index (χ1) is 9.54. The van der Waals surface area contributed by atoms with Gasteiger partial charge in [-0.1, -0.05) is 0 Å². The summed E-state index contributed by atoms with van der Waals surface area (Å²) >= 11 is 1.31. The minimum Gasteiger partial charge on any atom is -0.506 e. The van der Waals surface area contributed by atoms with Gasteiger partial charge < -0.3 is 10.1 Å². The molecule has 7 heteroatoms. The lowest BCUT2D eigenvalue weighted by Gasteiger charge is -1.96. The molecular weight excluding hydrogens is 280 g/mol. The van der Waals surface area contributed by atoms with E-state index in [9.17, 15) is 20.0 Å². The second-order valence-corrected chi connectivity index (χ2v) is 5.23. The van der Waals surface area contributed by atoms with Gasteiger partial charge in [0.25, 0.3) is 11.2 Å². The third kappa shape index (κ3) is 2.04. The highest BCUT2D eigenvalue weighted by Crippen LogP contribution is 2.36. The number of aromatic nitrogens is 1. The van der Waals surface area contributed by atoms with Gasteiger partial charge in [0.2, 0.25) is 0 Å². The molecule has 0 bridgehead atoms. The van der Waals surface area contributed by atoms with E-state index in [-0.39, 0.29) is 17.0 Å². The van der Waals surface area contributed by atoms with Gasteiger partial charge in [0.05, 0.1) is 15.1 Å². The molecule has 3 aromatic rings. The summed E-state index contributed by atoms with van der Waals surface area (Å²) in [6.07, 6.45) is 0.